The lowest BCUT2D eigenvalue weighted by atomic mass is 10.0. The summed E-state index contributed by atoms with van der Waals surface area (Å²) in [6.45, 7) is 10.6. The number of anilines is 2. The topological polar surface area (TPSA) is 97.3 Å². The van der Waals surface area contributed by atoms with Crippen LogP contribution in [0.5, 0.6) is 5.75 Å². The normalized spacial score (nSPS) is 19.3. The number of nitrogens with two attached hydrogens (primary N) is 1. The molecule has 2 heterocycles. The van der Waals surface area contributed by atoms with E-state index in [1.807, 2.05) is 13.0 Å². The van der Waals surface area contributed by atoms with Crippen LogP contribution in [0.25, 0.3) is 0 Å². The summed E-state index contributed by atoms with van der Waals surface area (Å²) in [5.41, 5.74) is 6.93. The molecule has 0 radical (unpaired) electrons. The van der Waals surface area contributed by atoms with E-state index in [9.17, 15) is 4.39 Å². The molecule has 1 aliphatic heterocycles. The minimum atomic E-state index is -0.563. The molecule has 1 saturated heterocycles. The summed E-state index contributed by atoms with van der Waals surface area (Å²) in [6, 6.07) is 4.40. The first-order valence-corrected chi connectivity index (χ1v) is 9.47. The van der Waals surface area contributed by atoms with E-state index >= 15 is 0 Å². The van der Waals surface area contributed by atoms with Gasteiger partial charge in [0.05, 0.1) is 42.8 Å². The zero-order chi connectivity index (χ0) is 21.1. The van der Waals surface area contributed by atoms with Crippen LogP contribution in [0.15, 0.2) is 37.2 Å². The Morgan fingerprint density at radius 1 is 1.38 bits per heavy atom. The highest BCUT2D eigenvalue weighted by Crippen LogP contribution is 2.28. The van der Waals surface area contributed by atoms with E-state index in [2.05, 4.69) is 21.4 Å². The van der Waals surface area contributed by atoms with Gasteiger partial charge in [0.2, 0.25) is 0 Å². The number of benzene rings is 1. The van der Waals surface area contributed by atoms with Crippen LogP contribution in [0.2, 0.25) is 0 Å². The van der Waals surface area contributed by atoms with Gasteiger partial charge in [-0.2, -0.15) is 0 Å². The lowest BCUT2D eigenvalue weighted by molar-refractivity contribution is 0.0819. The Hall–Kier alpha value is -3.00. The van der Waals surface area contributed by atoms with Crippen molar-refractivity contribution in [1.82, 2.24) is 9.97 Å². The zero-order valence-electron chi connectivity index (χ0n) is 16.9. The van der Waals surface area contributed by atoms with Gasteiger partial charge >= 0.3 is 0 Å². The first-order valence-electron chi connectivity index (χ1n) is 9.47. The molecule has 1 fully saturated rings. The molecular formula is C21H26FN5O2. The lowest BCUT2D eigenvalue weighted by Gasteiger charge is -2.40. The monoisotopic (exact) mass is 399 g/mol. The van der Waals surface area contributed by atoms with Crippen molar-refractivity contribution in [3.63, 3.8) is 0 Å². The highest BCUT2D eigenvalue weighted by atomic mass is 19.1. The minimum absolute atomic E-state index is 0.0300. The second kappa shape index (κ2) is 8.57. The van der Waals surface area contributed by atoms with Crippen molar-refractivity contribution in [3.05, 3.63) is 54.3 Å². The first-order chi connectivity index (χ1) is 13.8. The molecule has 0 bridgehead atoms. The molecule has 2 aromatic rings. The highest BCUT2D eigenvalue weighted by molar-refractivity contribution is 6.13. The van der Waals surface area contributed by atoms with E-state index in [-0.39, 0.29) is 35.3 Å². The van der Waals surface area contributed by atoms with Crippen LogP contribution in [-0.2, 0) is 4.74 Å². The minimum Gasteiger partial charge on any atom is -0.488 e. The molecule has 0 aliphatic carbocycles. The Morgan fingerprint density at radius 2 is 2.14 bits per heavy atom. The molecule has 0 unspecified atom stereocenters. The van der Waals surface area contributed by atoms with Crippen molar-refractivity contribution < 1.29 is 13.9 Å². The van der Waals surface area contributed by atoms with Gasteiger partial charge in [0.1, 0.15) is 12.1 Å². The molecule has 0 amide bonds. The molecule has 7 nitrogen and oxygen atoms in total. The van der Waals surface area contributed by atoms with Crippen LogP contribution < -0.4 is 15.4 Å². The third-order valence-electron chi connectivity index (χ3n) is 4.66. The smallest absolute Gasteiger partial charge is 0.167 e. The van der Waals surface area contributed by atoms with Crippen molar-refractivity contribution >= 4 is 17.2 Å². The average molecular weight is 399 g/mol. The largest absolute Gasteiger partial charge is 0.488 e. The summed E-state index contributed by atoms with van der Waals surface area (Å²) in [7, 11) is 0. The molecule has 3 rings (SSSR count). The van der Waals surface area contributed by atoms with E-state index in [4.69, 9.17) is 20.6 Å². The van der Waals surface area contributed by atoms with Gasteiger partial charge in [-0.3, -0.25) is 5.41 Å². The highest BCUT2D eigenvalue weighted by Gasteiger charge is 2.28. The van der Waals surface area contributed by atoms with Gasteiger partial charge in [-0.15, -0.1) is 6.58 Å². The molecule has 1 aliphatic rings. The third kappa shape index (κ3) is 4.37. The number of halogens is 1. The van der Waals surface area contributed by atoms with Gasteiger partial charge in [0, 0.05) is 23.4 Å². The number of aromatic nitrogens is 2. The molecular weight excluding hydrogens is 373 g/mol. The van der Waals surface area contributed by atoms with Crippen LogP contribution in [0.1, 0.15) is 32.0 Å². The molecule has 0 spiro atoms. The van der Waals surface area contributed by atoms with Crippen LogP contribution in [-0.4, -0.2) is 47.1 Å². The van der Waals surface area contributed by atoms with Gasteiger partial charge in [-0.05, 0) is 26.8 Å². The number of nitrogens with zero attached hydrogens (tertiary/aromatic N) is 3. The van der Waals surface area contributed by atoms with E-state index in [1.54, 1.807) is 19.9 Å². The average Bonchev–Trinajstić information content (AvgIpc) is 2.69. The van der Waals surface area contributed by atoms with Crippen LogP contribution >= 0.6 is 0 Å². The third-order valence-corrected chi connectivity index (χ3v) is 4.66. The maximum Gasteiger partial charge on any atom is 0.167 e. The number of hydrogen-bond acceptors (Lipinski definition) is 7. The fourth-order valence-corrected chi connectivity index (χ4v) is 3.32. The fourth-order valence-electron chi connectivity index (χ4n) is 3.32. The fraction of sp³-hybridized carbons (Fsp3) is 0.381. The SMILES string of the molecule is C=C[C@@H]1COC[C@H](C)N1c1cc(C(=N)c2cc(OC(C)C)c(F)cc2N)ncn1. The molecule has 0 saturated carbocycles. The summed E-state index contributed by atoms with van der Waals surface area (Å²) >= 11 is 0. The van der Waals surface area contributed by atoms with Gasteiger partial charge in [0.15, 0.2) is 11.6 Å². The summed E-state index contributed by atoms with van der Waals surface area (Å²) < 4.78 is 25.2. The van der Waals surface area contributed by atoms with Gasteiger partial charge in [0.25, 0.3) is 0 Å². The van der Waals surface area contributed by atoms with Crippen molar-refractivity contribution in [1.29, 1.82) is 5.41 Å². The second-order valence-corrected chi connectivity index (χ2v) is 7.27. The van der Waals surface area contributed by atoms with Crippen LogP contribution in [0.3, 0.4) is 0 Å². The van der Waals surface area contributed by atoms with Gasteiger partial charge < -0.3 is 20.1 Å². The van der Waals surface area contributed by atoms with Crippen LogP contribution in [0.4, 0.5) is 15.9 Å². The van der Waals surface area contributed by atoms with Crippen LogP contribution in [0, 0.1) is 11.2 Å². The molecule has 1 aromatic carbocycles. The predicted octanol–water partition coefficient (Wildman–Crippen LogP) is 3.18. The molecule has 2 atom stereocenters. The number of nitrogen functional groups attached to an aromatic ring is 1. The Labute approximate surface area is 169 Å². The van der Waals surface area contributed by atoms with E-state index in [0.717, 1.165) is 0 Å². The Morgan fingerprint density at radius 3 is 2.83 bits per heavy atom. The quantitative estimate of drug-likeness (QED) is 0.440. The number of rotatable bonds is 6. The molecule has 29 heavy (non-hydrogen) atoms. The van der Waals surface area contributed by atoms with Crippen molar-refractivity contribution in [2.24, 2.45) is 0 Å². The maximum atomic E-state index is 14.2. The Balaban J connectivity index is 1.97. The van der Waals surface area contributed by atoms with Crippen molar-refractivity contribution in [2.75, 3.05) is 23.8 Å². The number of hydrogen-bond donors (Lipinski definition) is 2. The lowest BCUT2D eigenvalue weighted by Crippen LogP contribution is -2.50. The van der Waals surface area contributed by atoms with Gasteiger partial charge in [-0.25, -0.2) is 14.4 Å². The molecule has 8 heteroatoms. The zero-order valence-corrected chi connectivity index (χ0v) is 16.9. The summed E-state index contributed by atoms with van der Waals surface area (Å²) in [4.78, 5) is 10.7. The maximum absolute atomic E-state index is 14.2. The standard InChI is InChI=1S/C21H26FN5O2/c1-5-14-10-28-9-13(4)27(14)20-8-18(25-11-26-20)21(24)15-6-19(29-12(2)3)16(22)7-17(15)23/h5-8,11-14,24H,1,9-10,23H2,2-4H3/t13-,14+/m0/s1. The molecule has 3 N–H and O–H groups in total. The summed E-state index contributed by atoms with van der Waals surface area (Å²) in [5.74, 6) is 0.156. The Bertz CT molecular complexity index is 918. The van der Waals surface area contributed by atoms with E-state index in [0.29, 0.717) is 30.3 Å². The van der Waals surface area contributed by atoms with Gasteiger partial charge in [-0.1, -0.05) is 6.08 Å². The molecule has 1 aromatic heterocycles. The van der Waals surface area contributed by atoms with E-state index in [1.165, 1.54) is 18.5 Å². The predicted molar refractivity (Wildman–Crippen MR) is 111 cm³/mol. The summed E-state index contributed by atoms with van der Waals surface area (Å²) in [5, 5.41) is 8.61. The van der Waals surface area contributed by atoms with E-state index < -0.39 is 5.82 Å². The number of nitrogens with one attached hydrogen (secondary N) is 1. The van der Waals surface area contributed by atoms with Crippen molar-refractivity contribution in [3.8, 4) is 5.75 Å². The molecule has 154 valence electrons. The second-order valence-electron chi connectivity index (χ2n) is 7.27. The Kier molecular flexibility index (Phi) is 6.12. The van der Waals surface area contributed by atoms with Crippen molar-refractivity contribution in [2.45, 2.75) is 39.0 Å². The number of ether oxygens (including phenoxy) is 2. The number of morpholine rings is 1. The first kappa shape index (κ1) is 20.7. The summed E-state index contributed by atoms with van der Waals surface area (Å²) in [6.07, 6.45) is 3.02.